The molecule has 0 radical (unpaired) electrons. The minimum absolute atomic E-state index is 0.112. The van der Waals surface area contributed by atoms with E-state index in [9.17, 15) is 43.2 Å². The Kier molecular flexibility index (Phi) is 101. The van der Waals surface area contributed by atoms with Crippen molar-refractivity contribution in [3.05, 3.63) is 156 Å². The summed E-state index contributed by atoms with van der Waals surface area (Å²) in [6.07, 6.45) is 86.7. The standard InChI is InChI=1S/C42H70N2O5S.C41H68N2O5S.C39H70N2O5S/c1-5-7-9-11-13-18-22-34-48-40(45)26-20-16-15-17-21-32-44(42(47)50-36-33-43(3)4)37-39-30-28-38(29-31-39)25-24-27-41(46)49-35-23-19-14-12-10-8-6-2;1-5-7-9-11-13-18-22-33-47-39(44)24-20-16-15-17-21-31-43(41(46)49-35-32-42(3)4)36-38-27-25-37(26-28-38)29-30-40(45)48-34-23-19-14-12-10-8-6-2;1-5-7-9-11-13-21-27-34-45-37(42)29-23-17-15-19-25-31-41(39(44)47-36-33-40(3)4)32-26-20-16-18-24-30-38(43)46-35-28-22-14-12-10-8-6-2/h18-19,22-23,28-31H,5-17,20-21,24-27,32-37H2,1-4H3;18-19,22-23,25-28H,5-17,20-21,24,29-36H2,1-4H3;21-23,27-29H,5-20,24-26,30-36H2,1-4H3/b2*22-18-,23-19-;27-21-,28-22-,29-23+. The molecule has 0 aliphatic heterocycles. The van der Waals surface area contributed by atoms with Gasteiger partial charge in [0.25, 0.3) is 15.7 Å². The third kappa shape index (κ3) is 96.3. The van der Waals surface area contributed by atoms with Gasteiger partial charge in [-0.15, -0.1) is 0 Å². The van der Waals surface area contributed by atoms with E-state index in [1.807, 2.05) is 99.5 Å². The summed E-state index contributed by atoms with van der Waals surface area (Å²) < 4.78 is 31.9. The van der Waals surface area contributed by atoms with E-state index in [1.165, 1.54) is 201 Å². The van der Waals surface area contributed by atoms with Gasteiger partial charge in [-0.25, -0.2) is 4.79 Å². The second-order valence-electron chi connectivity index (χ2n) is 39.3. The number of esters is 6. The molecule has 21 nitrogen and oxygen atoms in total. The number of ether oxygens (including phenoxy) is 6. The minimum atomic E-state index is -0.289. The zero-order valence-corrected chi connectivity index (χ0v) is 96.7. The molecular weight excluding hydrogens is 1890 g/mol. The number of hydrogen-bond acceptors (Lipinski definition) is 21. The summed E-state index contributed by atoms with van der Waals surface area (Å²) in [5, 5.41) is 0.405. The van der Waals surface area contributed by atoms with Crippen molar-refractivity contribution in [2.75, 3.05) is 145 Å². The predicted molar refractivity (Wildman–Crippen MR) is 620 cm³/mol. The van der Waals surface area contributed by atoms with Gasteiger partial charge in [-0.3, -0.25) is 38.4 Å². The third-order valence-electron chi connectivity index (χ3n) is 24.7. The van der Waals surface area contributed by atoms with E-state index >= 15 is 0 Å². The van der Waals surface area contributed by atoms with E-state index in [0.29, 0.717) is 97.8 Å². The molecule has 0 heterocycles. The van der Waals surface area contributed by atoms with E-state index in [0.717, 1.165) is 247 Å². The Morgan fingerprint density at radius 2 is 0.452 bits per heavy atom. The largest absolute Gasteiger partial charge is 0.461 e. The van der Waals surface area contributed by atoms with Crippen molar-refractivity contribution in [2.45, 2.75) is 421 Å². The monoisotopic (exact) mass is 2090 g/mol. The fraction of sp³-hybridized carbons (Fsp3) is 0.713. The van der Waals surface area contributed by atoms with Crippen LogP contribution in [0, 0.1) is 0 Å². The smallest absolute Gasteiger partial charge is 0.330 e. The van der Waals surface area contributed by atoms with Crippen molar-refractivity contribution >= 4 is 86.8 Å². The summed E-state index contributed by atoms with van der Waals surface area (Å²) in [6.45, 7) is 22.2. The van der Waals surface area contributed by atoms with Gasteiger partial charge in [0.05, 0.1) is 0 Å². The molecule has 0 atom stereocenters. The minimum Gasteiger partial charge on any atom is -0.461 e. The molecule has 0 fully saturated rings. The van der Waals surface area contributed by atoms with E-state index < -0.39 is 0 Å². The average molecular weight is 2100 g/mol. The number of aryl methyl sites for hydroxylation is 2. The van der Waals surface area contributed by atoms with Crippen molar-refractivity contribution in [1.29, 1.82) is 0 Å². The van der Waals surface area contributed by atoms with Crippen LogP contribution in [-0.4, -0.2) is 226 Å². The van der Waals surface area contributed by atoms with Gasteiger partial charge in [0, 0.05) is 114 Å². The van der Waals surface area contributed by atoms with E-state index in [2.05, 4.69) is 141 Å². The summed E-state index contributed by atoms with van der Waals surface area (Å²) in [5.74, 6) is 1.36. The second kappa shape index (κ2) is 106. The number of amides is 3. The normalized spacial score (nSPS) is 11.6. The molecule has 2 aromatic rings. The van der Waals surface area contributed by atoms with Crippen LogP contribution in [0.15, 0.2) is 134 Å². The maximum absolute atomic E-state index is 13.2. The highest BCUT2D eigenvalue weighted by molar-refractivity contribution is 8.14. The summed E-state index contributed by atoms with van der Waals surface area (Å²) in [4.78, 5) is 124. The zero-order chi connectivity index (χ0) is 107. The highest BCUT2D eigenvalue weighted by Gasteiger charge is 2.20. The van der Waals surface area contributed by atoms with Gasteiger partial charge < -0.3 is 57.8 Å². The van der Waals surface area contributed by atoms with Gasteiger partial charge in [0.2, 0.25) is 0 Å². The second-order valence-corrected chi connectivity index (χ2v) is 42.5. The van der Waals surface area contributed by atoms with Crippen LogP contribution >= 0.6 is 35.3 Å². The first-order valence-corrected chi connectivity index (χ1v) is 60.4. The summed E-state index contributed by atoms with van der Waals surface area (Å²) in [7, 11) is 12.1. The van der Waals surface area contributed by atoms with Crippen LogP contribution in [-0.2, 0) is 83.1 Å². The van der Waals surface area contributed by atoms with E-state index in [-0.39, 0.29) is 51.5 Å². The number of nitrogens with zero attached hydrogens (tertiary/aromatic N) is 6. The number of unbranched alkanes of at least 4 members (excludes halogenated alkanes) is 39. The van der Waals surface area contributed by atoms with Crippen LogP contribution < -0.4 is 0 Å². The van der Waals surface area contributed by atoms with Crippen molar-refractivity contribution < 1.29 is 71.6 Å². The van der Waals surface area contributed by atoms with Crippen molar-refractivity contribution in [3.8, 4) is 0 Å². The van der Waals surface area contributed by atoms with E-state index in [1.54, 1.807) is 0 Å². The maximum Gasteiger partial charge on any atom is 0.330 e. The molecular formula is C122H208N6O15S3. The van der Waals surface area contributed by atoms with Crippen LogP contribution in [0.25, 0.3) is 0 Å². The number of carbonyl (C=O) groups is 9. The predicted octanol–water partition coefficient (Wildman–Crippen LogP) is 31.3. The van der Waals surface area contributed by atoms with Crippen LogP contribution in [0.1, 0.15) is 417 Å². The van der Waals surface area contributed by atoms with Gasteiger partial charge in [0.15, 0.2) is 0 Å². The lowest BCUT2D eigenvalue weighted by atomic mass is 10.1. The molecule has 146 heavy (non-hydrogen) atoms. The van der Waals surface area contributed by atoms with Crippen molar-refractivity contribution in [1.82, 2.24) is 29.4 Å². The lowest BCUT2D eigenvalue weighted by molar-refractivity contribution is -0.143. The highest BCUT2D eigenvalue weighted by Crippen LogP contribution is 2.23. The fourth-order valence-corrected chi connectivity index (χ4v) is 18.4. The van der Waals surface area contributed by atoms with Crippen LogP contribution in [0.2, 0.25) is 0 Å². The number of hydrogen-bond donors (Lipinski definition) is 0. The molecule has 3 amide bonds. The molecule has 2 rings (SSSR count). The Morgan fingerprint density at radius 1 is 0.226 bits per heavy atom. The summed E-state index contributed by atoms with van der Waals surface area (Å²) >= 11 is 4.18. The molecule has 0 aromatic heterocycles. The average Bonchev–Trinajstić information content (AvgIpc) is 0.878. The Hall–Kier alpha value is -7.22. The number of allylic oxidation sites excluding steroid dienone is 7. The maximum atomic E-state index is 13.2. The van der Waals surface area contributed by atoms with Crippen molar-refractivity contribution in [2.24, 2.45) is 0 Å². The molecule has 0 N–H and O–H groups in total. The lowest BCUT2D eigenvalue weighted by Gasteiger charge is -2.23. The summed E-state index contributed by atoms with van der Waals surface area (Å²) in [5.41, 5.74) is 4.47. The fourth-order valence-electron chi connectivity index (χ4n) is 15.5. The SMILES string of the molecule is CCCCCC/C=C\COC(=O)/C=C/CCCCCN(CCCCCCCC(=O)OC/C=C\CCCCCC)C(=O)SCCN(C)C.CCCCCC/C=C\COC(=O)CCCCCCCN(Cc1ccc(CCC(=O)OC/C=C\CCCCCC)cc1)C(=O)SCCN(C)C.CCCCCC/C=C\COC(=O)CCCCCCCN(Cc1ccc(CCCC(=O)OC/C=C\CCCCCC)cc1)C(=O)SCCN(C)C. The zero-order valence-electron chi connectivity index (χ0n) is 94.3. The van der Waals surface area contributed by atoms with Gasteiger partial charge in [0.1, 0.15) is 39.6 Å². The van der Waals surface area contributed by atoms with Gasteiger partial charge >= 0.3 is 35.8 Å². The van der Waals surface area contributed by atoms with Crippen molar-refractivity contribution in [3.63, 3.8) is 0 Å². The number of rotatable bonds is 93. The molecule has 24 heteroatoms. The van der Waals surface area contributed by atoms with Crippen LogP contribution in [0.5, 0.6) is 0 Å². The lowest BCUT2D eigenvalue weighted by Crippen LogP contribution is -2.30. The highest BCUT2D eigenvalue weighted by atomic mass is 32.2. The quantitative estimate of drug-likeness (QED) is 0.0197. The molecule has 0 saturated carbocycles. The third-order valence-corrected chi connectivity index (χ3v) is 27.3. The first kappa shape index (κ1) is 139. The number of benzene rings is 2. The molecule has 0 aliphatic carbocycles. The van der Waals surface area contributed by atoms with E-state index in [4.69, 9.17) is 28.4 Å². The van der Waals surface area contributed by atoms with Gasteiger partial charge in [-0.1, -0.05) is 384 Å². The first-order chi connectivity index (χ1) is 71.1. The molecule has 834 valence electrons. The number of carbonyl (C=O) groups excluding carboxylic acids is 9. The molecule has 0 spiro atoms. The molecule has 0 saturated heterocycles. The topological polar surface area (TPSA) is 228 Å². The van der Waals surface area contributed by atoms with Crippen LogP contribution in [0.4, 0.5) is 14.4 Å². The first-order valence-electron chi connectivity index (χ1n) is 57.5. The number of thioether (sulfide) groups is 3. The Bertz CT molecular complexity index is 3680. The molecule has 2 aromatic carbocycles. The summed E-state index contributed by atoms with van der Waals surface area (Å²) in [6, 6.07) is 16.7. The van der Waals surface area contributed by atoms with Crippen LogP contribution in [0.3, 0.4) is 0 Å². The Morgan fingerprint density at radius 3 is 0.747 bits per heavy atom. The van der Waals surface area contributed by atoms with Gasteiger partial charge in [-0.05, 0) is 219 Å². The molecule has 0 unspecified atom stereocenters. The Labute approximate surface area is 903 Å². The molecule has 0 aliphatic rings. The molecule has 0 bridgehead atoms. The Balaban J connectivity index is 0.00000216. The van der Waals surface area contributed by atoms with Gasteiger partial charge in [-0.2, -0.15) is 0 Å².